The third kappa shape index (κ3) is 5.02. The highest BCUT2D eigenvalue weighted by atomic mass is 35.5. The van der Waals surface area contributed by atoms with Crippen molar-refractivity contribution in [1.82, 2.24) is 15.2 Å². The number of ketones is 1. The third-order valence-electron chi connectivity index (χ3n) is 3.78. The zero-order chi connectivity index (χ0) is 19.2. The number of nitrogens with zero attached hydrogens (tertiary/aromatic N) is 2. The maximum atomic E-state index is 12.3. The van der Waals surface area contributed by atoms with Crippen LogP contribution in [-0.2, 0) is 6.61 Å². The standard InChI is InChI=1S/C19H18ClN3O3S/c1-12-5-3-4-6-16(12)26-10-18-21-19(23-22-18)27-11-15(24)13-7-8-17(25-2)14(20)9-13/h3-9H,10-11H2,1-2H3,(H,21,22,23). The van der Waals surface area contributed by atoms with Gasteiger partial charge in [-0.3, -0.25) is 9.89 Å². The Morgan fingerprint density at radius 3 is 2.78 bits per heavy atom. The molecular formula is C19H18ClN3O3S. The van der Waals surface area contributed by atoms with Crippen LogP contribution in [0.25, 0.3) is 0 Å². The van der Waals surface area contributed by atoms with Crippen molar-refractivity contribution in [3.63, 3.8) is 0 Å². The number of aromatic nitrogens is 3. The second kappa shape index (κ2) is 8.92. The lowest BCUT2D eigenvalue weighted by Crippen LogP contribution is -2.03. The van der Waals surface area contributed by atoms with E-state index in [-0.39, 0.29) is 18.1 Å². The van der Waals surface area contributed by atoms with E-state index in [9.17, 15) is 4.79 Å². The summed E-state index contributed by atoms with van der Waals surface area (Å²) in [5.41, 5.74) is 1.57. The van der Waals surface area contributed by atoms with Gasteiger partial charge in [-0.25, -0.2) is 4.98 Å². The number of thioether (sulfide) groups is 1. The number of carbonyl (C=O) groups excluding carboxylic acids is 1. The Kier molecular flexibility index (Phi) is 6.36. The summed E-state index contributed by atoms with van der Waals surface area (Å²) < 4.78 is 10.8. The molecule has 0 saturated heterocycles. The molecule has 140 valence electrons. The van der Waals surface area contributed by atoms with E-state index in [1.807, 2.05) is 31.2 Å². The molecule has 0 amide bonds. The number of carbonyl (C=O) groups is 1. The van der Waals surface area contributed by atoms with Gasteiger partial charge >= 0.3 is 0 Å². The van der Waals surface area contributed by atoms with Crippen molar-refractivity contribution in [3.05, 3.63) is 64.4 Å². The van der Waals surface area contributed by atoms with Crippen LogP contribution in [0.1, 0.15) is 21.7 Å². The first-order chi connectivity index (χ1) is 13.1. The molecule has 3 aromatic rings. The molecule has 1 aromatic heterocycles. The Hall–Kier alpha value is -2.51. The molecule has 2 aromatic carbocycles. The van der Waals surface area contributed by atoms with Gasteiger partial charge in [0.05, 0.1) is 17.9 Å². The summed E-state index contributed by atoms with van der Waals surface area (Å²) in [6, 6.07) is 12.7. The minimum atomic E-state index is -0.0629. The summed E-state index contributed by atoms with van der Waals surface area (Å²) in [7, 11) is 1.53. The molecule has 0 bridgehead atoms. The SMILES string of the molecule is COc1ccc(C(=O)CSc2n[nH]c(COc3ccccc3C)n2)cc1Cl. The van der Waals surface area contributed by atoms with Gasteiger partial charge in [-0.05, 0) is 36.8 Å². The molecule has 8 heteroatoms. The summed E-state index contributed by atoms with van der Waals surface area (Å²) in [6.45, 7) is 2.26. The largest absolute Gasteiger partial charge is 0.495 e. The summed E-state index contributed by atoms with van der Waals surface area (Å²) in [5.74, 6) is 2.08. The number of aryl methyl sites for hydroxylation is 1. The van der Waals surface area contributed by atoms with E-state index < -0.39 is 0 Å². The van der Waals surface area contributed by atoms with E-state index in [1.165, 1.54) is 18.9 Å². The van der Waals surface area contributed by atoms with E-state index >= 15 is 0 Å². The van der Waals surface area contributed by atoms with Crippen molar-refractivity contribution in [3.8, 4) is 11.5 Å². The smallest absolute Gasteiger partial charge is 0.208 e. The molecule has 0 atom stereocenters. The number of methoxy groups -OCH3 is 1. The summed E-state index contributed by atoms with van der Waals surface area (Å²) in [6.07, 6.45) is 0. The van der Waals surface area contributed by atoms with E-state index in [0.29, 0.717) is 27.3 Å². The highest BCUT2D eigenvalue weighted by Gasteiger charge is 2.12. The van der Waals surface area contributed by atoms with Crippen LogP contribution in [0.3, 0.4) is 0 Å². The molecule has 0 spiro atoms. The number of benzene rings is 2. The van der Waals surface area contributed by atoms with E-state index in [0.717, 1.165) is 11.3 Å². The zero-order valence-electron chi connectivity index (χ0n) is 14.9. The highest BCUT2D eigenvalue weighted by Crippen LogP contribution is 2.26. The third-order valence-corrected chi connectivity index (χ3v) is 4.92. The number of hydrogen-bond donors (Lipinski definition) is 1. The van der Waals surface area contributed by atoms with Crippen molar-refractivity contribution in [2.45, 2.75) is 18.7 Å². The van der Waals surface area contributed by atoms with Crippen molar-refractivity contribution < 1.29 is 14.3 Å². The quantitative estimate of drug-likeness (QED) is 0.445. The Morgan fingerprint density at radius 2 is 2.04 bits per heavy atom. The van der Waals surface area contributed by atoms with Gasteiger partial charge in [-0.1, -0.05) is 41.6 Å². The first-order valence-corrected chi connectivity index (χ1v) is 9.52. The maximum absolute atomic E-state index is 12.3. The van der Waals surface area contributed by atoms with Gasteiger partial charge in [0.15, 0.2) is 11.6 Å². The molecule has 27 heavy (non-hydrogen) atoms. The van der Waals surface area contributed by atoms with Crippen molar-refractivity contribution >= 4 is 29.1 Å². The lowest BCUT2D eigenvalue weighted by atomic mass is 10.1. The Morgan fingerprint density at radius 1 is 1.22 bits per heavy atom. The summed E-state index contributed by atoms with van der Waals surface area (Å²) in [4.78, 5) is 16.7. The Bertz CT molecular complexity index is 945. The number of halogens is 1. The number of rotatable bonds is 8. The molecule has 3 rings (SSSR count). The molecule has 0 aliphatic heterocycles. The monoisotopic (exact) mass is 403 g/mol. The summed E-state index contributed by atoms with van der Waals surface area (Å²) in [5, 5.41) is 7.83. The van der Waals surface area contributed by atoms with E-state index in [1.54, 1.807) is 18.2 Å². The van der Waals surface area contributed by atoms with Gasteiger partial charge in [0.2, 0.25) is 5.16 Å². The molecule has 0 unspecified atom stereocenters. The minimum Gasteiger partial charge on any atom is -0.495 e. The average molecular weight is 404 g/mol. The molecule has 1 heterocycles. The van der Waals surface area contributed by atoms with Crippen LogP contribution in [-0.4, -0.2) is 33.8 Å². The molecule has 0 fully saturated rings. The molecule has 1 N–H and O–H groups in total. The van der Waals surface area contributed by atoms with Crippen molar-refractivity contribution in [2.75, 3.05) is 12.9 Å². The zero-order valence-corrected chi connectivity index (χ0v) is 16.4. The van der Waals surface area contributed by atoms with Crippen LogP contribution in [0.5, 0.6) is 11.5 Å². The number of para-hydroxylation sites is 1. The first kappa shape index (κ1) is 19.3. The second-order valence-electron chi connectivity index (χ2n) is 5.68. The fraction of sp³-hybridized carbons (Fsp3) is 0.211. The Labute approximate surface area is 166 Å². The second-order valence-corrected chi connectivity index (χ2v) is 7.03. The topological polar surface area (TPSA) is 77.1 Å². The minimum absolute atomic E-state index is 0.0629. The fourth-order valence-corrected chi connectivity index (χ4v) is 3.29. The van der Waals surface area contributed by atoms with Crippen LogP contribution < -0.4 is 9.47 Å². The van der Waals surface area contributed by atoms with Crippen LogP contribution >= 0.6 is 23.4 Å². The number of H-pyrrole nitrogens is 1. The van der Waals surface area contributed by atoms with Crippen LogP contribution in [0.4, 0.5) is 0 Å². The van der Waals surface area contributed by atoms with Gasteiger partial charge < -0.3 is 9.47 Å². The number of ether oxygens (including phenoxy) is 2. The van der Waals surface area contributed by atoms with Crippen LogP contribution in [0.2, 0.25) is 5.02 Å². The fourth-order valence-electron chi connectivity index (χ4n) is 2.32. The number of Topliss-reactive ketones (excluding diaryl/α,β-unsaturated/α-hetero) is 1. The average Bonchev–Trinajstić information content (AvgIpc) is 3.13. The van der Waals surface area contributed by atoms with Gasteiger partial charge in [-0.2, -0.15) is 0 Å². The van der Waals surface area contributed by atoms with Gasteiger partial charge in [0.1, 0.15) is 18.1 Å². The van der Waals surface area contributed by atoms with Gasteiger partial charge in [0, 0.05) is 5.56 Å². The lowest BCUT2D eigenvalue weighted by molar-refractivity contribution is 0.102. The Balaban J connectivity index is 1.54. The lowest BCUT2D eigenvalue weighted by Gasteiger charge is -2.06. The van der Waals surface area contributed by atoms with Crippen LogP contribution in [0.15, 0.2) is 47.6 Å². The van der Waals surface area contributed by atoms with Gasteiger partial charge in [-0.15, -0.1) is 5.10 Å². The predicted octanol–water partition coefficient (Wildman–Crippen LogP) is 4.33. The van der Waals surface area contributed by atoms with Gasteiger partial charge in [0.25, 0.3) is 0 Å². The van der Waals surface area contributed by atoms with E-state index in [4.69, 9.17) is 21.1 Å². The number of hydrogen-bond acceptors (Lipinski definition) is 6. The highest BCUT2D eigenvalue weighted by molar-refractivity contribution is 7.99. The molecule has 0 saturated carbocycles. The van der Waals surface area contributed by atoms with Crippen molar-refractivity contribution in [2.24, 2.45) is 0 Å². The molecule has 0 aliphatic rings. The number of nitrogens with one attached hydrogen (secondary N) is 1. The van der Waals surface area contributed by atoms with Crippen LogP contribution in [0, 0.1) is 6.92 Å². The predicted molar refractivity (Wildman–Crippen MR) is 105 cm³/mol. The molecule has 0 aliphatic carbocycles. The molecule has 6 nitrogen and oxygen atoms in total. The molecular weight excluding hydrogens is 386 g/mol. The normalized spacial score (nSPS) is 10.6. The molecule has 0 radical (unpaired) electrons. The van der Waals surface area contributed by atoms with E-state index in [2.05, 4.69) is 15.2 Å². The van der Waals surface area contributed by atoms with Crippen molar-refractivity contribution in [1.29, 1.82) is 0 Å². The summed E-state index contributed by atoms with van der Waals surface area (Å²) >= 11 is 7.31. The maximum Gasteiger partial charge on any atom is 0.208 e. The number of aromatic amines is 1. The first-order valence-electron chi connectivity index (χ1n) is 8.16.